The molecule has 0 bridgehead atoms. The molecule has 3 aromatic rings. The molecule has 3 rings (SSSR count). The Morgan fingerprint density at radius 3 is 2.44 bits per heavy atom. The number of nitrogens with two attached hydrogens (primary N) is 1. The van der Waals surface area contributed by atoms with E-state index in [0.717, 1.165) is 5.56 Å². The Hall–Kier alpha value is -1.89. The van der Waals surface area contributed by atoms with Gasteiger partial charge in [-0.05, 0) is 19.1 Å². The van der Waals surface area contributed by atoms with Gasteiger partial charge in [0.1, 0.15) is 0 Å². The number of rotatable bonds is 6. The molecule has 0 amide bonds. The maximum atomic E-state index is 6.10. The summed E-state index contributed by atoms with van der Waals surface area (Å²) < 4.78 is 7.13. The van der Waals surface area contributed by atoms with Crippen LogP contribution in [0.3, 0.4) is 0 Å². The van der Waals surface area contributed by atoms with E-state index < -0.39 is 0 Å². The summed E-state index contributed by atoms with van der Waals surface area (Å²) in [5, 5.41) is 9.89. The second-order valence-corrected chi connectivity index (χ2v) is 7.17. The zero-order valence-corrected chi connectivity index (χ0v) is 15.8. The molecule has 2 aromatic carbocycles. The highest BCUT2D eigenvalue weighted by Gasteiger charge is 2.12. The minimum Gasteiger partial charge on any atom is -0.490 e. The average molecular weight is 395 g/mol. The monoisotopic (exact) mass is 394 g/mol. The summed E-state index contributed by atoms with van der Waals surface area (Å²) in [5.74, 6) is 7.84. The number of nitrogen functional groups attached to an aromatic ring is 1. The van der Waals surface area contributed by atoms with Crippen molar-refractivity contribution in [3.63, 3.8) is 0 Å². The van der Waals surface area contributed by atoms with E-state index in [9.17, 15) is 0 Å². The molecule has 0 radical (unpaired) electrons. The van der Waals surface area contributed by atoms with Gasteiger partial charge in [0, 0.05) is 11.3 Å². The first-order valence-corrected chi connectivity index (χ1v) is 9.27. The van der Waals surface area contributed by atoms with Crippen molar-refractivity contribution in [3.05, 3.63) is 58.1 Å². The van der Waals surface area contributed by atoms with Gasteiger partial charge in [-0.3, -0.25) is 0 Å². The van der Waals surface area contributed by atoms with Crippen molar-refractivity contribution in [3.8, 4) is 17.1 Å². The van der Waals surface area contributed by atoms with Gasteiger partial charge in [-0.1, -0.05) is 70.9 Å². The smallest absolute Gasteiger partial charge is 0.210 e. The van der Waals surface area contributed by atoms with Crippen LogP contribution < -0.4 is 10.6 Å². The highest BCUT2D eigenvalue weighted by molar-refractivity contribution is 7.99. The normalized spacial score (nSPS) is 10.8. The number of hydrogen-bond donors (Lipinski definition) is 1. The molecular weight excluding hydrogens is 379 g/mol. The highest BCUT2D eigenvalue weighted by Crippen LogP contribution is 2.32. The summed E-state index contributed by atoms with van der Waals surface area (Å²) in [7, 11) is 0. The lowest BCUT2D eigenvalue weighted by Gasteiger charge is -2.09. The van der Waals surface area contributed by atoms with E-state index in [0.29, 0.717) is 39.1 Å². The average Bonchev–Trinajstić information content (AvgIpc) is 2.95. The number of hydrogen-bond acceptors (Lipinski definition) is 5. The number of halogens is 2. The van der Waals surface area contributed by atoms with Gasteiger partial charge in [0.25, 0.3) is 0 Å². The minimum atomic E-state index is 0.418. The second kappa shape index (κ2) is 7.99. The molecule has 1 aromatic heterocycles. The fraction of sp³-hybridized carbons (Fsp3) is 0.176. The lowest BCUT2D eigenvalue weighted by Crippen LogP contribution is -2.12. The van der Waals surface area contributed by atoms with Crippen molar-refractivity contribution >= 4 is 35.0 Å². The van der Waals surface area contributed by atoms with Gasteiger partial charge in [0.05, 0.1) is 16.7 Å². The third kappa shape index (κ3) is 4.21. The van der Waals surface area contributed by atoms with Crippen LogP contribution in [0.15, 0.2) is 47.6 Å². The maximum absolute atomic E-state index is 6.10. The van der Waals surface area contributed by atoms with Crippen molar-refractivity contribution in [2.45, 2.75) is 12.1 Å². The Balaban J connectivity index is 1.60. The van der Waals surface area contributed by atoms with E-state index in [1.54, 1.807) is 18.2 Å². The third-order valence-corrected chi connectivity index (χ3v) is 4.96. The van der Waals surface area contributed by atoms with Gasteiger partial charge < -0.3 is 10.6 Å². The summed E-state index contributed by atoms with van der Waals surface area (Å²) in [6.45, 7) is 2.45. The van der Waals surface area contributed by atoms with Crippen LogP contribution >= 0.6 is 35.0 Å². The van der Waals surface area contributed by atoms with Crippen LogP contribution in [0, 0.1) is 6.92 Å². The van der Waals surface area contributed by atoms with Gasteiger partial charge in [0.2, 0.25) is 5.16 Å². The van der Waals surface area contributed by atoms with Crippen LogP contribution in [0.25, 0.3) is 11.4 Å². The van der Waals surface area contributed by atoms with Crippen LogP contribution in [0.2, 0.25) is 10.0 Å². The van der Waals surface area contributed by atoms with Gasteiger partial charge in [-0.25, -0.2) is 4.68 Å². The Morgan fingerprint density at radius 2 is 1.76 bits per heavy atom. The topological polar surface area (TPSA) is 66.0 Å². The number of benzene rings is 2. The molecule has 8 heteroatoms. The van der Waals surface area contributed by atoms with Crippen LogP contribution in [-0.4, -0.2) is 27.2 Å². The molecule has 130 valence electrons. The quantitative estimate of drug-likeness (QED) is 0.380. The summed E-state index contributed by atoms with van der Waals surface area (Å²) in [5.41, 5.74) is 2.10. The molecule has 0 fully saturated rings. The first-order chi connectivity index (χ1) is 12.1. The van der Waals surface area contributed by atoms with Crippen LogP contribution in [0.4, 0.5) is 0 Å². The molecular formula is C17H16Cl2N4OS. The van der Waals surface area contributed by atoms with E-state index in [2.05, 4.69) is 10.2 Å². The zero-order chi connectivity index (χ0) is 17.8. The largest absolute Gasteiger partial charge is 0.490 e. The summed E-state index contributed by atoms with van der Waals surface area (Å²) in [6.07, 6.45) is 0. The highest BCUT2D eigenvalue weighted by atomic mass is 35.5. The van der Waals surface area contributed by atoms with Crippen molar-refractivity contribution in [1.29, 1.82) is 0 Å². The third-order valence-electron chi connectivity index (χ3n) is 3.45. The molecule has 0 atom stereocenters. The number of nitrogens with zero attached hydrogens (tertiary/aromatic N) is 3. The summed E-state index contributed by atoms with van der Waals surface area (Å²) in [6, 6.07) is 13.2. The summed E-state index contributed by atoms with van der Waals surface area (Å²) in [4.78, 5) is 0. The Morgan fingerprint density at radius 1 is 1.08 bits per heavy atom. The maximum Gasteiger partial charge on any atom is 0.210 e. The predicted octanol–water partition coefficient (Wildman–Crippen LogP) is 4.45. The molecule has 2 N–H and O–H groups in total. The zero-order valence-electron chi connectivity index (χ0n) is 13.4. The fourth-order valence-corrected chi connectivity index (χ4v) is 3.35. The Bertz CT molecular complexity index is 847. The molecule has 0 aliphatic carbocycles. The molecule has 0 aliphatic heterocycles. The van der Waals surface area contributed by atoms with Gasteiger partial charge in [-0.15, -0.1) is 10.2 Å². The number of para-hydroxylation sites is 1. The number of aromatic nitrogens is 3. The van der Waals surface area contributed by atoms with E-state index in [4.69, 9.17) is 33.8 Å². The molecule has 0 unspecified atom stereocenters. The molecule has 0 saturated carbocycles. The van der Waals surface area contributed by atoms with Crippen molar-refractivity contribution in [1.82, 2.24) is 14.9 Å². The minimum absolute atomic E-state index is 0.418. The predicted molar refractivity (Wildman–Crippen MR) is 103 cm³/mol. The van der Waals surface area contributed by atoms with Gasteiger partial charge in [-0.2, -0.15) is 0 Å². The van der Waals surface area contributed by atoms with Crippen LogP contribution in [0.5, 0.6) is 5.75 Å². The van der Waals surface area contributed by atoms with Crippen molar-refractivity contribution < 1.29 is 4.74 Å². The van der Waals surface area contributed by atoms with E-state index in [1.165, 1.54) is 22.0 Å². The van der Waals surface area contributed by atoms with E-state index in [-0.39, 0.29) is 0 Å². The fourth-order valence-electron chi connectivity index (χ4n) is 2.17. The molecule has 0 saturated heterocycles. The van der Waals surface area contributed by atoms with Crippen molar-refractivity contribution in [2.75, 3.05) is 18.2 Å². The number of aryl methyl sites for hydroxylation is 1. The lowest BCUT2D eigenvalue weighted by atomic mass is 10.1. The van der Waals surface area contributed by atoms with E-state index >= 15 is 0 Å². The first kappa shape index (κ1) is 17.9. The molecule has 1 heterocycles. The second-order valence-electron chi connectivity index (χ2n) is 5.29. The molecule has 25 heavy (non-hydrogen) atoms. The van der Waals surface area contributed by atoms with Gasteiger partial charge in [0.15, 0.2) is 11.6 Å². The molecule has 5 nitrogen and oxygen atoms in total. The number of ether oxygens (including phenoxy) is 1. The lowest BCUT2D eigenvalue weighted by molar-refractivity contribution is 0.344. The van der Waals surface area contributed by atoms with Crippen molar-refractivity contribution in [2.24, 2.45) is 0 Å². The molecule has 0 spiro atoms. The standard InChI is InChI=1S/C17H16Cl2N4OS/c1-11-5-7-12(8-6-11)16-21-22-17(23(16)20)25-10-9-24-15-13(18)3-2-4-14(15)19/h2-8H,9-10,20H2,1H3. The number of thioether (sulfide) groups is 1. The van der Waals surface area contributed by atoms with Crippen LogP contribution in [0.1, 0.15) is 5.56 Å². The summed E-state index contributed by atoms with van der Waals surface area (Å²) >= 11 is 13.6. The van der Waals surface area contributed by atoms with Crippen LogP contribution in [-0.2, 0) is 0 Å². The van der Waals surface area contributed by atoms with Gasteiger partial charge >= 0.3 is 0 Å². The first-order valence-electron chi connectivity index (χ1n) is 7.53. The Labute approximate surface area is 160 Å². The van der Waals surface area contributed by atoms with E-state index in [1.807, 2.05) is 31.2 Å². The SMILES string of the molecule is Cc1ccc(-c2nnc(SCCOc3c(Cl)cccc3Cl)n2N)cc1. The Kier molecular flexibility index (Phi) is 5.73. The molecule has 0 aliphatic rings.